The smallest absolute Gasteiger partial charge is 0.200 e. The third-order valence-corrected chi connectivity index (χ3v) is 4.16. The molecule has 0 saturated carbocycles. The average Bonchev–Trinajstić information content (AvgIpc) is 2.38. The van der Waals surface area contributed by atoms with E-state index in [0.29, 0.717) is 11.3 Å². The SMILES string of the molecule is O=C(COc1c(Br)cccc1Br)c1cccc(Br)c1. The highest BCUT2D eigenvalue weighted by Gasteiger charge is 2.10. The van der Waals surface area contributed by atoms with Crippen LogP contribution in [0.25, 0.3) is 0 Å². The first kappa shape index (κ1) is 14.8. The van der Waals surface area contributed by atoms with Gasteiger partial charge < -0.3 is 4.74 Å². The summed E-state index contributed by atoms with van der Waals surface area (Å²) in [6.07, 6.45) is 0. The molecule has 2 rings (SSSR count). The molecule has 98 valence electrons. The minimum Gasteiger partial charge on any atom is -0.483 e. The van der Waals surface area contributed by atoms with Crippen LogP contribution in [0.1, 0.15) is 10.4 Å². The van der Waals surface area contributed by atoms with E-state index in [4.69, 9.17) is 4.74 Å². The van der Waals surface area contributed by atoms with Crippen LogP contribution in [-0.2, 0) is 0 Å². The van der Waals surface area contributed by atoms with Crippen molar-refractivity contribution in [1.82, 2.24) is 0 Å². The van der Waals surface area contributed by atoms with Crippen LogP contribution in [0.5, 0.6) is 5.75 Å². The quantitative estimate of drug-likeness (QED) is 0.598. The summed E-state index contributed by atoms with van der Waals surface area (Å²) >= 11 is 10.1. The first-order chi connectivity index (χ1) is 9.08. The number of carbonyl (C=O) groups is 1. The van der Waals surface area contributed by atoms with Crippen LogP contribution in [0.15, 0.2) is 55.9 Å². The second kappa shape index (κ2) is 6.68. The number of ketones is 1. The van der Waals surface area contributed by atoms with Gasteiger partial charge in [-0.25, -0.2) is 0 Å². The first-order valence-electron chi connectivity index (χ1n) is 5.43. The van der Waals surface area contributed by atoms with Crippen molar-refractivity contribution in [3.8, 4) is 5.75 Å². The fourth-order valence-electron chi connectivity index (χ4n) is 1.50. The van der Waals surface area contributed by atoms with Crippen LogP contribution in [0.4, 0.5) is 0 Å². The molecular formula is C14H9Br3O2. The fraction of sp³-hybridized carbons (Fsp3) is 0.0714. The van der Waals surface area contributed by atoms with Gasteiger partial charge in [-0.2, -0.15) is 0 Å². The van der Waals surface area contributed by atoms with Crippen LogP contribution < -0.4 is 4.74 Å². The number of ether oxygens (including phenoxy) is 1. The maximum Gasteiger partial charge on any atom is 0.200 e. The van der Waals surface area contributed by atoms with Crippen molar-refractivity contribution >= 4 is 53.6 Å². The predicted octanol–water partition coefficient (Wildman–Crippen LogP) is 5.24. The molecule has 0 fully saturated rings. The Balaban J connectivity index is 2.09. The topological polar surface area (TPSA) is 26.3 Å². The van der Waals surface area contributed by atoms with E-state index in [-0.39, 0.29) is 12.4 Å². The summed E-state index contributed by atoms with van der Waals surface area (Å²) in [6, 6.07) is 12.9. The van der Waals surface area contributed by atoms with Crippen LogP contribution in [0.2, 0.25) is 0 Å². The Labute approximate surface area is 136 Å². The van der Waals surface area contributed by atoms with Gasteiger partial charge in [-0.15, -0.1) is 0 Å². The van der Waals surface area contributed by atoms with Crippen molar-refractivity contribution in [1.29, 1.82) is 0 Å². The maximum absolute atomic E-state index is 12.0. The summed E-state index contributed by atoms with van der Waals surface area (Å²) < 4.78 is 8.06. The van der Waals surface area contributed by atoms with Crippen LogP contribution >= 0.6 is 47.8 Å². The number of para-hydroxylation sites is 1. The molecule has 0 aliphatic rings. The Morgan fingerprint density at radius 3 is 2.26 bits per heavy atom. The van der Waals surface area contributed by atoms with E-state index >= 15 is 0 Å². The normalized spacial score (nSPS) is 10.3. The molecule has 5 heteroatoms. The number of rotatable bonds is 4. The second-order valence-electron chi connectivity index (χ2n) is 3.77. The lowest BCUT2D eigenvalue weighted by molar-refractivity contribution is 0.0920. The van der Waals surface area contributed by atoms with Gasteiger partial charge in [0.2, 0.25) is 0 Å². The maximum atomic E-state index is 12.0. The van der Waals surface area contributed by atoms with Crippen molar-refractivity contribution in [2.45, 2.75) is 0 Å². The number of hydrogen-bond acceptors (Lipinski definition) is 2. The Hall–Kier alpha value is -0.650. The molecule has 0 unspecified atom stereocenters. The molecule has 0 spiro atoms. The van der Waals surface area contributed by atoms with E-state index in [1.165, 1.54) is 0 Å². The largest absolute Gasteiger partial charge is 0.483 e. The first-order valence-corrected chi connectivity index (χ1v) is 7.81. The highest BCUT2D eigenvalue weighted by Crippen LogP contribution is 2.33. The van der Waals surface area contributed by atoms with E-state index in [9.17, 15) is 4.79 Å². The molecule has 0 bridgehead atoms. The zero-order chi connectivity index (χ0) is 13.8. The van der Waals surface area contributed by atoms with E-state index < -0.39 is 0 Å². The van der Waals surface area contributed by atoms with Gasteiger partial charge in [0.1, 0.15) is 5.75 Å². The summed E-state index contributed by atoms with van der Waals surface area (Å²) in [5.41, 5.74) is 0.623. The van der Waals surface area contributed by atoms with Gasteiger partial charge in [-0.05, 0) is 56.1 Å². The minimum absolute atomic E-state index is 0.00231. The number of Topliss-reactive ketones (excluding diaryl/α,β-unsaturated/α-hetero) is 1. The van der Waals surface area contributed by atoms with E-state index in [1.807, 2.05) is 30.3 Å². The van der Waals surface area contributed by atoms with Gasteiger partial charge in [0, 0.05) is 10.0 Å². The van der Waals surface area contributed by atoms with Crippen molar-refractivity contribution < 1.29 is 9.53 Å². The summed E-state index contributed by atoms with van der Waals surface area (Å²) in [5, 5.41) is 0. The predicted molar refractivity (Wildman–Crippen MR) is 85.8 cm³/mol. The van der Waals surface area contributed by atoms with Gasteiger partial charge in [-0.3, -0.25) is 4.79 Å². The molecule has 2 aromatic carbocycles. The lowest BCUT2D eigenvalue weighted by Gasteiger charge is -2.09. The van der Waals surface area contributed by atoms with Crippen LogP contribution in [0, 0.1) is 0 Å². The molecule has 0 saturated heterocycles. The third-order valence-electron chi connectivity index (χ3n) is 2.41. The summed E-state index contributed by atoms with van der Waals surface area (Å²) in [5.74, 6) is 0.565. The van der Waals surface area contributed by atoms with Crippen molar-refractivity contribution in [2.75, 3.05) is 6.61 Å². The molecular weight excluding hydrogens is 440 g/mol. The number of benzene rings is 2. The summed E-state index contributed by atoms with van der Waals surface area (Å²) in [4.78, 5) is 12.0. The number of halogens is 3. The van der Waals surface area contributed by atoms with Crippen molar-refractivity contribution in [3.63, 3.8) is 0 Å². The Bertz CT molecular complexity index is 591. The van der Waals surface area contributed by atoms with E-state index in [0.717, 1.165) is 13.4 Å². The van der Waals surface area contributed by atoms with Gasteiger partial charge in [0.05, 0.1) is 8.95 Å². The molecule has 0 aromatic heterocycles. The Morgan fingerprint density at radius 2 is 1.63 bits per heavy atom. The fourth-order valence-corrected chi connectivity index (χ4v) is 3.13. The molecule has 0 atom stereocenters. The lowest BCUT2D eigenvalue weighted by atomic mass is 10.1. The molecule has 19 heavy (non-hydrogen) atoms. The van der Waals surface area contributed by atoms with Gasteiger partial charge in [0.25, 0.3) is 0 Å². The molecule has 0 aliphatic carbocycles. The van der Waals surface area contributed by atoms with E-state index in [1.54, 1.807) is 12.1 Å². The van der Waals surface area contributed by atoms with Gasteiger partial charge >= 0.3 is 0 Å². The molecule has 2 aromatic rings. The van der Waals surface area contributed by atoms with Crippen molar-refractivity contribution in [3.05, 3.63) is 61.4 Å². The van der Waals surface area contributed by atoms with Crippen molar-refractivity contribution in [2.24, 2.45) is 0 Å². The molecule has 0 radical (unpaired) electrons. The highest BCUT2D eigenvalue weighted by atomic mass is 79.9. The molecule has 2 nitrogen and oxygen atoms in total. The van der Waals surface area contributed by atoms with Gasteiger partial charge in [-0.1, -0.05) is 34.1 Å². The highest BCUT2D eigenvalue weighted by molar-refractivity contribution is 9.11. The zero-order valence-corrected chi connectivity index (χ0v) is 14.5. The molecule has 0 N–H and O–H groups in total. The minimum atomic E-state index is -0.0658. The molecule has 0 amide bonds. The molecule has 0 aliphatic heterocycles. The molecule has 0 heterocycles. The van der Waals surface area contributed by atoms with Gasteiger partial charge in [0.15, 0.2) is 12.4 Å². The summed E-state index contributed by atoms with van der Waals surface area (Å²) in [6.45, 7) is -0.00231. The number of hydrogen-bond donors (Lipinski definition) is 0. The Kier molecular flexibility index (Phi) is 5.19. The summed E-state index contributed by atoms with van der Waals surface area (Å²) in [7, 11) is 0. The number of carbonyl (C=O) groups excluding carboxylic acids is 1. The second-order valence-corrected chi connectivity index (χ2v) is 6.40. The average molecular weight is 449 g/mol. The Morgan fingerprint density at radius 1 is 1.00 bits per heavy atom. The van der Waals surface area contributed by atoms with Crippen LogP contribution in [-0.4, -0.2) is 12.4 Å². The monoisotopic (exact) mass is 446 g/mol. The lowest BCUT2D eigenvalue weighted by Crippen LogP contribution is -2.12. The third kappa shape index (κ3) is 3.91. The zero-order valence-electron chi connectivity index (χ0n) is 9.70. The standard InChI is InChI=1S/C14H9Br3O2/c15-10-4-1-3-9(7-10)13(18)8-19-14-11(16)5-2-6-12(14)17/h1-7H,8H2. The van der Waals surface area contributed by atoms with E-state index in [2.05, 4.69) is 47.8 Å². The van der Waals surface area contributed by atoms with Crippen LogP contribution in [0.3, 0.4) is 0 Å².